The van der Waals surface area contributed by atoms with E-state index in [1.165, 1.54) is 27.7 Å². The summed E-state index contributed by atoms with van der Waals surface area (Å²) in [5.41, 5.74) is 0.616. The normalized spacial score (nSPS) is 14.9. The Kier molecular flexibility index (Phi) is 9.40. The van der Waals surface area contributed by atoms with Crippen LogP contribution in [-0.4, -0.2) is 54.2 Å². The summed E-state index contributed by atoms with van der Waals surface area (Å²) in [6.07, 6.45) is -3.87. The maximum atomic E-state index is 11.3. The zero-order valence-corrected chi connectivity index (χ0v) is 16.6. The number of amides is 1. The number of anilines is 1. The number of carbonyl (C=O) groups is 3. The quantitative estimate of drug-likeness (QED) is 0.451. The van der Waals surface area contributed by atoms with Gasteiger partial charge in [0.1, 0.15) is 18.5 Å². The smallest absolute Gasteiger partial charge is 0.303 e. The molecule has 1 amide bonds. The summed E-state index contributed by atoms with van der Waals surface area (Å²) in [5.74, 6) is -0.866. The highest BCUT2D eigenvalue weighted by Gasteiger charge is 2.32. The summed E-state index contributed by atoms with van der Waals surface area (Å²) in [7, 11) is 0. The SMILES string of the molecule is CC(=O)Nc1ccc(O[C@H](C)OC(COC(C)=O)C(OC(C)=O)C(C)O)cc1. The third kappa shape index (κ3) is 8.83. The standard InChI is InChI=1S/C19H27NO8/c1-11(21)19(26-14(4)24)18(10-25-13(3)23)28-15(5)27-17-8-6-16(7-9-17)20-12(2)22/h6-9,11,15,18-19,21H,10H2,1-5H3,(H,20,22)/t11?,15-,18?,19?/m0/s1. The summed E-state index contributed by atoms with van der Waals surface area (Å²) in [6.45, 7) is 6.66. The lowest BCUT2D eigenvalue weighted by molar-refractivity contribution is -0.197. The molecule has 0 saturated carbocycles. The van der Waals surface area contributed by atoms with Gasteiger partial charge in [-0.25, -0.2) is 0 Å². The molecule has 0 aliphatic carbocycles. The molecule has 0 aliphatic heterocycles. The number of esters is 2. The van der Waals surface area contributed by atoms with Gasteiger partial charge >= 0.3 is 11.9 Å². The minimum absolute atomic E-state index is 0.187. The van der Waals surface area contributed by atoms with Crippen molar-refractivity contribution in [2.24, 2.45) is 0 Å². The van der Waals surface area contributed by atoms with Gasteiger partial charge in [-0.05, 0) is 38.1 Å². The van der Waals surface area contributed by atoms with E-state index in [0.29, 0.717) is 11.4 Å². The number of carbonyl (C=O) groups excluding carboxylic acids is 3. The molecule has 0 bridgehead atoms. The first-order valence-corrected chi connectivity index (χ1v) is 8.77. The first kappa shape index (κ1) is 23.4. The highest BCUT2D eigenvalue weighted by atomic mass is 16.7. The van der Waals surface area contributed by atoms with E-state index in [2.05, 4.69) is 5.32 Å². The summed E-state index contributed by atoms with van der Waals surface area (Å²) in [6, 6.07) is 6.61. The van der Waals surface area contributed by atoms with E-state index < -0.39 is 36.5 Å². The second-order valence-corrected chi connectivity index (χ2v) is 6.18. The second-order valence-electron chi connectivity index (χ2n) is 6.18. The number of hydrogen-bond acceptors (Lipinski definition) is 8. The van der Waals surface area contributed by atoms with Crippen LogP contribution in [0.2, 0.25) is 0 Å². The van der Waals surface area contributed by atoms with Crippen LogP contribution in [0, 0.1) is 0 Å². The molecule has 9 heteroatoms. The minimum Gasteiger partial charge on any atom is -0.465 e. The van der Waals surface area contributed by atoms with E-state index in [-0.39, 0.29) is 12.5 Å². The molecule has 28 heavy (non-hydrogen) atoms. The minimum atomic E-state index is -1.06. The molecule has 0 radical (unpaired) electrons. The third-order valence-electron chi connectivity index (χ3n) is 3.44. The van der Waals surface area contributed by atoms with Crippen molar-refractivity contribution in [3.8, 4) is 5.75 Å². The first-order valence-electron chi connectivity index (χ1n) is 8.77. The van der Waals surface area contributed by atoms with Crippen LogP contribution in [-0.2, 0) is 28.6 Å². The number of hydrogen-bond donors (Lipinski definition) is 2. The zero-order valence-electron chi connectivity index (χ0n) is 16.6. The van der Waals surface area contributed by atoms with Crippen molar-refractivity contribution in [1.82, 2.24) is 0 Å². The van der Waals surface area contributed by atoms with Gasteiger partial charge in [0.15, 0.2) is 12.4 Å². The molecule has 9 nitrogen and oxygen atoms in total. The van der Waals surface area contributed by atoms with E-state index in [1.807, 2.05) is 0 Å². The van der Waals surface area contributed by atoms with E-state index >= 15 is 0 Å². The second kappa shape index (κ2) is 11.3. The number of ether oxygens (including phenoxy) is 4. The van der Waals surface area contributed by atoms with Gasteiger partial charge in [0.2, 0.25) is 5.91 Å². The van der Waals surface area contributed by atoms with Gasteiger partial charge in [0.25, 0.3) is 0 Å². The Hall–Kier alpha value is -2.65. The van der Waals surface area contributed by atoms with Crippen LogP contribution in [0.5, 0.6) is 5.75 Å². The highest BCUT2D eigenvalue weighted by molar-refractivity contribution is 5.88. The van der Waals surface area contributed by atoms with Crippen LogP contribution >= 0.6 is 0 Å². The molecule has 1 aromatic carbocycles. The van der Waals surface area contributed by atoms with Crippen molar-refractivity contribution >= 4 is 23.5 Å². The first-order chi connectivity index (χ1) is 13.1. The summed E-state index contributed by atoms with van der Waals surface area (Å²) < 4.78 is 21.4. The molecule has 2 N–H and O–H groups in total. The van der Waals surface area contributed by atoms with Gasteiger partial charge in [0, 0.05) is 26.5 Å². The van der Waals surface area contributed by atoms with Gasteiger partial charge < -0.3 is 29.4 Å². The average Bonchev–Trinajstić information content (AvgIpc) is 2.57. The average molecular weight is 397 g/mol. The third-order valence-corrected chi connectivity index (χ3v) is 3.44. The van der Waals surface area contributed by atoms with Gasteiger partial charge in [-0.3, -0.25) is 14.4 Å². The van der Waals surface area contributed by atoms with Crippen molar-refractivity contribution < 1.29 is 38.4 Å². The fraction of sp³-hybridized carbons (Fsp3) is 0.526. The molecule has 0 spiro atoms. The fourth-order valence-electron chi connectivity index (χ4n) is 2.37. The molecular formula is C19H27NO8. The Labute approximate surface area is 163 Å². The predicted molar refractivity (Wildman–Crippen MR) is 99.6 cm³/mol. The van der Waals surface area contributed by atoms with Crippen LogP contribution in [0.25, 0.3) is 0 Å². The van der Waals surface area contributed by atoms with Crippen molar-refractivity contribution in [3.05, 3.63) is 24.3 Å². The Morgan fingerprint density at radius 1 is 1.04 bits per heavy atom. The molecule has 0 aromatic heterocycles. The monoisotopic (exact) mass is 397 g/mol. The molecular weight excluding hydrogens is 370 g/mol. The van der Waals surface area contributed by atoms with Crippen LogP contribution in [0.3, 0.4) is 0 Å². The lowest BCUT2D eigenvalue weighted by atomic mass is 10.1. The lowest BCUT2D eigenvalue weighted by Gasteiger charge is -2.30. The molecule has 0 fully saturated rings. The molecule has 3 unspecified atom stereocenters. The maximum absolute atomic E-state index is 11.3. The summed E-state index contributed by atoms with van der Waals surface area (Å²) in [4.78, 5) is 33.5. The number of nitrogens with one attached hydrogen (secondary N) is 1. The van der Waals surface area contributed by atoms with Gasteiger partial charge in [-0.1, -0.05) is 0 Å². The van der Waals surface area contributed by atoms with Crippen LogP contribution in [0.1, 0.15) is 34.6 Å². The Bertz CT molecular complexity index is 658. The highest BCUT2D eigenvalue weighted by Crippen LogP contribution is 2.19. The molecule has 156 valence electrons. The van der Waals surface area contributed by atoms with Gasteiger partial charge in [-0.2, -0.15) is 0 Å². The molecule has 0 heterocycles. The van der Waals surface area contributed by atoms with Crippen LogP contribution in [0.4, 0.5) is 5.69 Å². The topological polar surface area (TPSA) is 120 Å². The Balaban J connectivity index is 2.80. The molecule has 1 aromatic rings. The molecule has 0 aliphatic rings. The number of rotatable bonds is 10. The van der Waals surface area contributed by atoms with Gasteiger partial charge in [0.05, 0.1) is 6.10 Å². The maximum Gasteiger partial charge on any atom is 0.303 e. The molecule has 0 saturated heterocycles. The Morgan fingerprint density at radius 3 is 2.11 bits per heavy atom. The summed E-state index contributed by atoms with van der Waals surface area (Å²) >= 11 is 0. The van der Waals surface area contributed by atoms with Crippen LogP contribution in [0.15, 0.2) is 24.3 Å². The predicted octanol–water partition coefficient (Wildman–Crippen LogP) is 1.63. The molecule has 1 rings (SSSR count). The fourth-order valence-corrected chi connectivity index (χ4v) is 2.37. The molecule has 4 atom stereocenters. The van der Waals surface area contributed by atoms with Gasteiger partial charge in [-0.15, -0.1) is 0 Å². The van der Waals surface area contributed by atoms with Crippen molar-refractivity contribution in [2.75, 3.05) is 11.9 Å². The summed E-state index contributed by atoms with van der Waals surface area (Å²) in [5, 5.41) is 12.6. The van der Waals surface area contributed by atoms with E-state index in [1.54, 1.807) is 31.2 Å². The van der Waals surface area contributed by atoms with E-state index in [0.717, 1.165) is 0 Å². The Morgan fingerprint density at radius 2 is 1.64 bits per heavy atom. The van der Waals surface area contributed by atoms with Crippen LogP contribution < -0.4 is 10.1 Å². The number of aliphatic hydroxyl groups excluding tert-OH is 1. The van der Waals surface area contributed by atoms with Crippen molar-refractivity contribution in [1.29, 1.82) is 0 Å². The lowest BCUT2D eigenvalue weighted by Crippen LogP contribution is -2.46. The number of aliphatic hydroxyl groups is 1. The number of benzene rings is 1. The zero-order chi connectivity index (χ0) is 21.3. The van der Waals surface area contributed by atoms with E-state index in [4.69, 9.17) is 18.9 Å². The largest absolute Gasteiger partial charge is 0.465 e. The van der Waals surface area contributed by atoms with E-state index in [9.17, 15) is 19.5 Å². The van der Waals surface area contributed by atoms with Crippen molar-refractivity contribution in [2.45, 2.75) is 59.2 Å². The van der Waals surface area contributed by atoms with Crippen molar-refractivity contribution in [3.63, 3.8) is 0 Å².